The summed E-state index contributed by atoms with van der Waals surface area (Å²) < 4.78 is 0. The molecule has 0 bridgehead atoms. The fraction of sp³-hybridized carbons (Fsp3) is 0.200. The van der Waals surface area contributed by atoms with Crippen LogP contribution in [-0.2, 0) is 6.54 Å². The lowest BCUT2D eigenvalue weighted by atomic mass is 10.1. The fourth-order valence-corrected chi connectivity index (χ4v) is 2.76. The topological polar surface area (TPSA) is 72.4 Å². The van der Waals surface area contributed by atoms with Crippen molar-refractivity contribution in [3.63, 3.8) is 0 Å². The predicted molar refractivity (Wildman–Crippen MR) is 82.5 cm³/mol. The number of fused-ring (bicyclic) bond motifs is 1. The van der Waals surface area contributed by atoms with Crippen molar-refractivity contribution < 1.29 is 4.92 Å². The second-order valence-corrected chi connectivity index (χ2v) is 5.55. The molecule has 1 atom stereocenters. The van der Waals surface area contributed by atoms with Crippen LogP contribution in [0.5, 0.6) is 0 Å². The maximum atomic E-state index is 10.9. The molecule has 1 aliphatic rings. The molecule has 0 saturated heterocycles. The number of anilines is 1. The van der Waals surface area contributed by atoms with Crippen molar-refractivity contribution in [3.8, 4) is 0 Å². The van der Waals surface area contributed by atoms with Gasteiger partial charge in [0.25, 0.3) is 5.69 Å². The third-order valence-electron chi connectivity index (χ3n) is 3.67. The highest BCUT2D eigenvalue weighted by Crippen LogP contribution is 2.36. The monoisotopic (exact) mass is 303 g/mol. The molecule has 0 fully saturated rings. The zero-order valence-corrected chi connectivity index (χ0v) is 12.0. The maximum absolute atomic E-state index is 10.9. The summed E-state index contributed by atoms with van der Waals surface area (Å²) in [7, 11) is 0. The number of non-ortho nitro benzene ring substituents is 1. The van der Waals surface area contributed by atoms with Crippen molar-refractivity contribution in [2.45, 2.75) is 12.6 Å². The number of rotatable bonds is 3. The van der Waals surface area contributed by atoms with Crippen LogP contribution < -0.4 is 10.6 Å². The lowest BCUT2D eigenvalue weighted by molar-refractivity contribution is -0.384. The van der Waals surface area contributed by atoms with Crippen molar-refractivity contribution in [1.82, 2.24) is 0 Å². The number of halogens is 1. The van der Waals surface area contributed by atoms with Gasteiger partial charge in [0.1, 0.15) is 0 Å². The van der Waals surface area contributed by atoms with Crippen LogP contribution in [0.25, 0.3) is 0 Å². The first-order valence-corrected chi connectivity index (χ1v) is 6.95. The molecule has 6 heteroatoms. The standard InChI is InChI=1S/C15H14ClN3O2/c16-11-3-1-10(2-4-11)8-18-9-14(17)13-7-12(19(20)21)5-6-15(13)18/h1-7,14H,8-9,17H2/t14-/m0/s1. The van der Waals surface area contributed by atoms with Crippen LogP contribution in [0.4, 0.5) is 11.4 Å². The molecule has 2 aromatic carbocycles. The lowest BCUT2D eigenvalue weighted by Crippen LogP contribution is -2.23. The molecular weight excluding hydrogens is 290 g/mol. The summed E-state index contributed by atoms with van der Waals surface area (Å²) in [5.41, 5.74) is 9.09. The Balaban J connectivity index is 1.88. The van der Waals surface area contributed by atoms with E-state index in [2.05, 4.69) is 4.90 Å². The van der Waals surface area contributed by atoms with E-state index in [9.17, 15) is 10.1 Å². The van der Waals surface area contributed by atoms with Gasteiger partial charge in [-0.05, 0) is 23.8 Å². The summed E-state index contributed by atoms with van der Waals surface area (Å²) in [5.74, 6) is 0. The zero-order valence-electron chi connectivity index (χ0n) is 11.2. The number of nitrogens with two attached hydrogens (primary N) is 1. The molecule has 0 amide bonds. The molecule has 0 aliphatic carbocycles. The molecule has 0 radical (unpaired) electrons. The Bertz CT molecular complexity index is 688. The first-order valence-electron chi connectivity index (χ1n) is 6.58. The van der Waals surface area contributed by atoms with E-state index >= 15 is 0 Å². The summed E-state index contributed by atoms with van der Waals surface area (Å²) in [6, 6.07) is 12.3. The number of nitro benzene ring substituents is 1. The number of nitro groups is 1. The molecular formula is C15H14ClN3O2. The van der Waals surface area contributed by atoms with E-state index in [4.69, 9.17) is 17.3 Å². The van der Waals surface area contributed by atoms with Crippen molar-refractivity contribution in [1.29, 1.82) is 0 Å². The van der Waals surface area contributed by atoms with Gasteiger partial charge in [-0.1, -0.05) is 23.7 Å². The highest BCUT2D eigenvalue weighted by atomic mass is 35.5. The van der Waals surface area contributed by atoms with Crippen LogP contribution in [0.15, 0.2) is 42.5 Å². The number of hydrogen-bond acceptors (Lipinski definition) is 4. The minimum absolute atomic E-state index is 0.0811. The third-order valence-corrected chi connectivity index (χ3v) is 3.92. The first-order chi connectivity index (χ1) is 10.0. The van der Waals surface area contributed by atoms with Crippen LogP contribution >= 0.6 is 11.6 Å². The summed E-state index contributed by atoms with van der Waals surface area (Å²) in [6.45, 7) is 1.36. The van der Waals surface area contributed by atoms with E-state index in [0.717, 1.165) is 16.8 Å². The number of hydrogen-bond donors (Lipinski definition) is 1. The van der Waals surface area contributed by atoms with Gasteiger partial charge in [-0.25, -0.2) is 0 Å². The average molecular weight is 304 g/mol. The second-order valence-electron chi connectivity index (χ2n) is 5.11. The van der Waals surface area contributed by atoms with Gasteiger partial charge in [-0.2, -0.15) is 0 Å². The number of nitrogens with zero attached hydrogens (tertiary/aromatic N) is 2. The van der Waals surface area contributed by atoms with E-state index in [0.29, 0.717) is 18.1 Å². The summed E-state index contributed by atoms with van der Waals surface area (Å²) in [5, 5.41) is 11.6. The molecule has 0 spiro atoms. The van der Waals surface area contributed by atoms with Crippen LogP contribution in [0.1, 0.15) is 17.2 Å². The molecule has 3 rings (SSSR count). The van der Waals surface area contributed by atoms with E-state index < -0.39 is 4.92 Å². The Kier molecular flexibility index (Phi) is 3.53. The molecule has 0 aromatic heterocycles. The second kappa shape index (κ2) is 5.35. The molecule has 0 unspecified atom stereocenters. The van der Waals surface area contributed by atoms with Crippen LogP contribution in [0.3, 0.4) is 0 Å². The van der Waals surface area contributed by atoms with E-state index in [1.54, 1.807) is 12.1 Å². The van der Waals surface area contributed by atoms with Crippen LogP contribution in [0, 0.1) is 10.1 Å². The zero-order chi connectivity index (χ0) is 15.0. The van der Waals surface area contributed by atoms with Gasteiger partial charge < -0.3 is 10.6 Å². The van der Waals surface area contributed by atoms with Gasteiger partial charge in [-0.3, -0.25) is 10.1 Å². The Labute approximate surface area is 127 Å². The minimum Gasteiger partial charge on any atom is -0.365 e. The van der Waals surface area contributed by atoms with Gasteiger partial charge in [0.05, 0.1) is 4.92 Å². The van der Waals surface area contributed by atoms with Crippen molar-refractivity contribution in [2.75, 3.05) is 11.4 Å². The molecule has 108 valence electrons. The maximum Gasteiger partial charge on any atom is 0.269 e. The Morgan fingerprint density at radius 1 is 1.29 bits per heavy atom. The molecule has 21 heavy (non-hydrogen) atoms. The van der Waals surface area contributed by atoms with Crippen LogP contribution in [0.2, 0.25) is 5.02 Å². The van der Waals surface area contributed by atoms with Gasteiger partial charge in [0.15, 0.2) is 0 Å². The smallest absolute Gasteiger partial charge is 0.269 e. The SMILES string of the molecule is N[C@H]1CN(Cc2ccc(Cl)cc2)c2ccc([N+](=O)[O-])cc21. The number of benzene rings is 2. The fourth-order valence-electron chi connectivity index (χ4n) is 2.63. The third kappa shape index (κ3) is 2.70. The first kappa shape index (κ1) is 13.9. The quantitative estimate of drug-likeness (QED) is 0.697. The molecule has 2 aromatic rings. The van der Waals surface area contributed by atoms with Gasteiger partial charge in [0.2, 0.25) is 0 Å². The largest absolute Gasteiger partial charge is 0.365 e. The van der Waals surface area contributed by atoms with Gasteiger partial charge in [0, 0.05) is 47.5 Å². The van der Waals surface area contributed by atoms with E-state index in [1.165, 1.54) is 6.07 Å². The van der Waals surface area contributed by atoms with Crippen molar-refractivity contribution >= 4 is 23.0 Å². The Morgan fingerprint density at radius 2 is 2.00 bits per heavy atom. The highest BCUT2D eigenvalue weighted by Gasteiger charge is 2.27. The summed E-state index contributed by atoms with van der Waals surface area (Å²) >= 11 is 5.88. The summed E-state index contributed by atoms with van der Waals surface area (Å²) in [4.78, 5) is 12.6. The van der Waals surface area contributed by atoms with E-state index in [1.807, 2.05) is 24.3 Å². The van der Waals surface area contributed by atoms with Crippen molar-refractivity contribution in [2.24, 2.45) is 5.73 Å². The molecule has 5 nitrogen and oxygen atoms in total. The molecule has 1 aliphatic heterocycles. The molecule has 0 saturated carbocycles. The van der Waals surface area contributed by atoms with Crippen LogP contribution in [-0.4, -0.2) is 11.5 Å². The van der Waals surface area contributed by atoms with Crippen molar-refractivity contribution in [3.05, 3.63) is 68.7 Å². The van der Waals surface area contributed by atoms with Gasteiger partial charge >= 0.3 is 0 Å². The minimum atomic E-state index is -0.394. The van der Waals surface area contributed by atoms with E-state index in [-0.39, 0.29) is 11.7 Å². The van der Waals surface area contributed by atoms with Gasteiger partial charge in [-0.15, -0.1) is 0 Å². The Morgan fingerprint density at radius 3 is 2.67 bits per heavy atom. The normalized spacial score (nSPS) is 16.9. The predicted octanol–water partition coefficient (Wildman–Crippen LogP) is 3.27. The lowest BCUT2D eigenvalue weighted by Gasteiger charge is -2.19. The molecule has 1 heterocycles. The average Bonchev–Trinajstić information content (AvgIpc) is 2.77. The Hall–Kier alpha value is -2.11. The summed E-state index contributed by atoms with van der Waals surface area (Å²) in [6.07, 6.45) is 0. The highest BCUT2D eigenvalue weighted by molar-refractivity contribution is 6.30. The molecule has 2 N–H and O–H groups in total.